The number of phenolic OH excluding ortho intramolecular Hbond substituents is 1. The number of amides is 1. The van der Waals surface area contributed by atoms with E-state index in [1.54, 1.807) is 24.3 Å². The van der Waals surface area contributed by atoms with Crippen LogP contribution >= 0.6 is 0 Å². The molecule has 3 aliphatic rings. The third kappa shape index (κ3) is 10.5. The van der Waals surface area contributed by atoms with E-state index in [1.807, 2.05) is 91.0 Å². The SMILES string of the molecule is O=C(NC(c1ccccc1)c1cccc(OCc2ccc(C(=O)OCCc3ccc(CNCC(O)c4ccc(O)c5[nH]c(=O)ccc45)cc3)cc2)c1)O[C@H]1CN2CCC1CC2. The molecular weight excluding hydrogens is 773 g/mol. The highest BCUT2D eigenvalue weighted by atomic mass is 16.6. The number of piperidine rings is 3. The number of alkyl carbamates (subject to hydrolysis) is 1. The zero-order valence-electron chi connectivity index (χ0n) is 33.8. The Bertz CT molecular complexity index is 2480. The maximum Gasteiger partial charge on any atom is 0.408 e. The van der Waals surface area contributed by atoms with Gasteiger partial charge in [-0.05, 0) is 102 Å². The molecule has 1 aromatic heterocycles. The lowest BCUT2D eigenvalue weighted by atomic mass is 9.86. The summed E-state index contributed by atoms with van der Waals surface area (Å²) in [6.07, 6.45) is 1.33. The topological polar surface area (TPSA) is 162 Å². The van der Waals surface area contributed by atoms with E-state index in [-0.39, 0.29) is 37.2 Å². The number of aliphatic hydroxyl groups excluding tert-OH is 1. The number of nitrogens with zero attached hydrogens (tertiary/aromatic N) is 1. The van der Waals surface area contributed by atoms with Gasteiger partial charge in [-0.15, -0.1) is 0 Å². The summed E-state index contributed by atoms with van der Waals surface area (Å²) in [6, 6.07) is 38.3. The van der Waals surface area contributed by atoms with Crippen molar-refractivity contribution in [2.24, 2.45) is 5.92 Å². The first-order valence-corrected chi connectivity index (χ1v) is 20.8. The Morgan fingerprint density at radius 2 is 1.56 bits per heavy atom. The van der Waals surface area contributed by atoms with Crippen LogP contribution in [0.3, 0.4) is 0 Å². The fourth-order valence-corrected chi connectivity index (χ4v) is 8.21. The van der Waals surface area contributed by atoms with E-state index in [2.05, 4.69) is 20.5 Å². The van der Waals surface area contributed by atoms with Crippen molar-refractivity contribution in [1.82, 2.24) is 20.5 Å². The van der Waals surface area contributed by atoms with Crippen molar-refractivity contribution in [1.29, 1.82) is 0 Å². The van der Waals surface area contributed by atoms with Crippen molar-refractivity contribution in [3.63, 3.8) is 0 Å². The minimum Gasteiger partial charge on any atom is -0.506 e. The number of aliphatic hydroxyl groups is 1. The molecule has 12 nitrogen and oxygen atoms in total. The Kier molecular flexibility index (Phi) is 13.0. The molecule has 3 fully saturated rings. The van der Waals surface area contributed by atoms with Gasteiger partial charge in [-0.2, -0.15) is 0 Å². The predicted molar refractivity (Wildman–Crippen MR) is 231 cm³/mol. The molecule has 0 saturated carbocycles. The summed E-state index contributed by atoms with van der Waals surface area (Å²) < 4.78 is 17.7. The van der Waals surface area contributed by atoms with Crippen LogP contribution in [0.15, 0.2) is 132 Å². The standard InChI is InChI=1S/C49H50N4O8/c54-42-19-17-40(41-18-20-45(56)51-47(41)42)43(55)29-50-28-33-11-9-32(10-12-33)23-26-59-48(57)37-15-13-34(14-16-37)31-60-39-8-4-7-38(27-39)46(36-5-2-1-3-6-36)52-49(58)61-44-30-53-24-21-35(44)22-25-53/h1-20,27,35,43-44,46,50,54-55H,21-26,28-31H2,(H,51,56)(H,52,58)/t43?,44-,46?/m0/s1. The van der Waals surface area contributed by atoms with Gasteiger partial charge in [0.25, 0.3) is 0 Å². The summed E-state index contributed by atoms with van der Waals surface area (Å²) in [5.74, 6) is 0.614. The lowest BCUT2D eigenvalue weighted by molar-refractivity contribution is -0.0336. The van der Waals surface area contributed by atoms with Gasteiger partial charge >= 0.3 is 12.1 Å². The second-order valence-corrected chi connectivity index (χ2v) is 15.8. The maximum atomic E-state index is 13.2. The van der Waals surface area contributed by atoms with Crippen LogP contribution in [-0.4, -0.2) is 71.0 Å². The van der Waals surface area contributed by atoms with Crippen LogP contribution < -0.4 is 20.9 Å². The monoisotopic (exact) mass is 822 g/mol. The summed E-state index contributed by atoms with van der Waals surface area (Å²) in [4.78, 5) is 42.8. The van der Waals surface area contributed by atoms with Crippen LogP contribution in [0.1, 0.15) is 68.7 Å². The first kappa shape index (κ1) is 41.3. The molecule has 5 aromatic carbocycles. The van der Waals surface area contributed by atoms with Crippen LogP contribution in [0.5, 0.6) is 11.5 Å². The maximum absolute atomic E-state index is 13.2. The molecule has 314 valence electrons. The second kappa shape index (κ2) is 19.3. The number of fused-ring (bicyclic) bond motifs is 4. The molecule has 2 bridgehead atoms. The number of nitrogens with one attached hydrogen (secondary N) is 3. The lowest BCUT2D eigenvalue weighted by Crippen LogP contribution is -2.52. The first-order valence-electron chi connectivity index (χ1n) is 20.8. The quantitative estimate of drug-likeness (QED) is 0.0647. The largest absolute Gasteiger partial charge is 0.506 e. The fourth-order valence-electron chi connectivity index (χ4n) is 8.21. The van der Waals surface area contributed by atoms with Gasteiger partial charge < -0.3 is 40.0 Å². The molecule has 0 aliphatic carbocycles. The van der Waals surface area contributed by atoms with Gasteiger partial charge in [-0.1, -0.05) is 84.9 Å². The number of carbonyl (C=O) groups is 2. The highest BCUT2D eigenvalue weighted by molar-refractivity contribution is 5.89. The van der Waals surface area contributed by atoms with E-state index in [4.69, 9.17) is 14.2 Å². The van der Waals surface area contributed by atoms with E-state index >= 15 is 0 Å². The van der Waals surface area contributed by atoms with Crippen molar-refractivity contribution < 1.29 is 34.0 Å². The molecule has 0 spiro atoms. The van der Waals surface area contributed by atoms with Gasteiger partial charge in [0.05, 0.1) is 29.8 Å². The number of aromatic amines is 1. The number of aromatic nitrogens is 1. The number of esters is 1. The van der Waals surface area contributed by atoms with Crippen LogP contribution in [0.2, 0.25) is 0 Å². The number of phenols is 1. The van der Waals surface area contributed by atoms with E-state index in [9.17, 15) is 24.6 Å². The van der Waals surface area contributed by atoms with Gasteiger partial charge in [0.15, 0.2) is 0 Å². The van der Waals surface area contributed by atoms with Gasteiger partial charge in [-0.25, -0.2) is 9.59 Å². The minimum atomic E-state index is -0.850. The van der Waals surface area contributed by atoms with E-state index in [0.29, 0.717) is 46.7 Å². The summed E-state index contributed by atoms with van der Waals surface area (Å²) in [5.41, 5.74) is 5.76. The third-order valence-corrected chi connectivity index (χ3v) is 11.6. The number of hydrogen-bond donors (Lipinski definition) is 5. The first-order chi connectivity index (χ1) is 29.8. The van der Waals surface area contributed by atoms with Crippen molar-refractivity contribution in [3.8, 4) is 11.5 Å². The molecule has 0 radical (unpaired) electrons. The number of carbonyl (C=O) groups excluding carboxylic acids is 2. The van der Waals surface area contributed by atoms with Crippen molar-refractivity contribution in [2.45, 2.75) is 50.7 Å². The average Bonchev–Trinajstić information content (AvgIpc) is 3.29. The van der Waals surface area contributed by atoms with Crippen LogP contribution in [0.25, 0.3) is 10.9 Å². The van der Waals surface area contributed by atoms with Crippen molar-refractivity contribution >= 4 is 23.0 Å². The van der Waals surface area contributed by atoms with Crippen molar-refractivity contribution in [3.05, 3.63) is 177 Å². The number of rotatable bonds is 16. The Labute approximate surface area is 354 Å². The molecule has 2 unspecified atom stereocenters. The Morgan fingerprint density at radius 1 is 0.820 bits per heavy atom. The molecule has 9 rings (SSSR count). The number of benzene rings is 5. The molecule has 6 aromatic rings. The van der Waals surface area contributed by atoms with Gasteiger partial charge in [0, 0.05) is 37.5 Å². The number of ether oxygens (including phenoxy) is 3. The van der Waals surface area contributed by atoms with Crippen molar-refractivity contribution in [2.75, 3.05) is 32.8 Å². The molecule has 3 aliphatic heterocycles. The summed E-state index contributed by atoms with van der Waals surface area (Å²) >= 11 is 0. The van der Waals surface area contributed by atoms with E-state index in [1.165, 1.54) is 12.1 Å². The minimum absolute atomic E-state index is 0.0504. The summed E-state index contributed by atoms with van der Waals surface area (Å²) in [6.45, 7) is 4.26. The normalized spacial score (nSPS) is 18.0. The lowest BCUT2D eigenvalue weighted by Gasteiger charge is -2.43. The van der Waals surface area contributed by atoms with E-state index in [0.717, 1.165) is 60.3 Å². The highest BCUT2D eigenvalue weighted by Gasteiger charge is 2.37. The average molecular weight is 823 g/mol. The number of pyridine rings is 1. The second-order valence-electron chi connectivity index (χ2n) is 15.8. The molecule has 1 amide bonds. The molecule has 3 atom stereocenters. The molecule has 4 heterocycles. The number of hydrogen-bond acceptors (Lipinski definition) is 10. The molecule has 5 N–H and O–H groups in total. The highest BCUT2D eigenvalue weighted by Crippen LogP contribution is 2.31. The zero-order valence-corrected chi connectivity index (χ0v) is 33.8. The molecule has 12 heteroatoms. The van der Waals surface area contributed by atoms with Crippen LogP contribution in [0, 0.1) is 5.92 Å². The van der Waals surface area contributed by atoms with Gasteiger partial charge in [-0.3, -0.25) is 9.69 Å². The van der Waals surface area contributed by atoms with Crippen LogP contribution in [-0.2, 0) is 29.0 Å². The Hall–Kier alpha value is -6.47. The molecule has 61 heavy (non-hydrogen) atoms. The zero-order chi connectivity index (χ0) is 42.1. The molecule has 3 saturated heterocycles. The summed E-state index contributed by atoms with van der Waals surface area (Å²) in [7, 11) is 0. The van der Waals surface area contributed by atoms with E-state index < -0.39 is 24.2 Å². The van der Waals surface area contributed by atoms with Gasteiger partial charge in [0.2, 0.25) is 5.56 Å². The Morgan fingerprint density at radius 3 is 2.31 bits per heavy atom. The third-order valence-electron chi connectivity index (χ3n) is 11.6. The number of aromatic hydroxyl groups is 1. The molecular formula is C49H50N4O8. The summed E-state index contributed by atoms with van der Waals surface area (Å²) in [5, 5.41) is 27.9. The number of H-pyrrole nitrogens is 1. The Balaban J connectivity index is 0.780. The van der Waals surface area contributed by atoms with Crippen LogP contribution in [0.4, 0.5) is 4.79 Å². The predicted octanol–water partition coefficient (Wildman–Crippen LogP) is 6.95. The smallest absolute Gasteiger partial charge is 0.408 e. The fraction of sp³-hybridized carbons (Fsp3) is 0.286. The van der Waals surface area contributed by atoms with Gasteiger partial charge in [0.1, 0.15) is 24.2 Å².